The van der Waals surface area contributed by atoms with Gasteiger partial charge in [-0.3, -0.25) is 4.79 Å². The number of hydrogen-bond donors (Lipinski definition) is 1. The molecule has 0 rings (SSSR count). The van der Waals surface area contributed by atoms with E-state index in [2.05, 4.69) is 5.32 Å². The molecule has 0 bridgehead atoms. The van der Waals surface area contributed by atoms with E-state index in [9.17, 15) is 4.79 Å². The molecule has 0 aliphatic carbocycles. The predicted molar refractivity (Wildman–Crippen MR) is 56.4 cm³/mol. The summed E-state index contributed by atoms with van der Waals surface area (Å²) in [5.41, 5.74) is 1.06. The van der Waals surface area contributed by atoms with Gasteiger partial charge in [-0.05, 0) is 13.8 Å². The van der Waals surface area contributed by atoms with Crippen molar-refractivity contribution in [2.24, 2.45) is 0 Å². The van der Waals surface area contributed by atoms with Crippen molar-refractivity contribution in [2.75, 3.05) is 7.05 Å². The Morgan fingerprint density at radius 2 is 2.00 bits per heavy atom. The lowest BCUT2D eigenvalue weighted by molar-refractivity contribution is -0.119. The first-order chi connectivity index (χ1) is 6.20. The summed E-state index contributed by atoms with van der Waals surface area (Å²) in [6.45, 7) is 3.90. The average Bonchev–Trinajstić information content (AvgIpc) is 2.12. The zero-order valence-corrected chi connectivity index (χ0v) is 8.50. The molecule has 0 aliphatic heterocycles. The monoisotopic (exact) mass is 179 g/mol. The van der Waals surface area contributed by atoms with Gasteiger partial charge in [-0.25, -0.2) is 0 Å². The normalized spacial score (nSPS) is 12.7. The Kier molecular flexibility index (Phi) is 6.60. The molecule has 1 N–H and O–H groups in total. The summed E-state index contributed by atoms with van der Waals surface area (Å²) in [6, 6.07) is 0. The minimum Gasteiger partial charge on any atom is -0.359 e. The molecule has 0 aliphatic rings. The van der Waals surface area contributed by atoms with Gasteiger partial charge in [0, 0.05) is 13.5 Å². The molecule has 1 amide bonds. The van der Waals surface area contributed by atoms with Crippen LogP contribution in [0.5, 0.6) is 0 Å². The van der Waals surface area contributed by atoms with Gasteiger partial charge in [0.05, 0.1) is 0 Å². The van der Waals surface area contributed by atoms with Crippen LogP contribution >= 0.6 is 0 Å². The molecule has 0 radical (unpaired) electrons. The fraction of sp³-hybridized carbons (Fsp3) is 0.364. The number of carbonyl (C=O) groups is 1. The zero-order chi connectivity index (χ0) is 10.1. The molecule has 0 heterocycles. The van der Waals surface area contributed by atoms with Crippen LogP contribution < -0.4 is 5.32 Å². The molecule has 0 saturated heterocycles. The molecule has 13 heavy (non-hydrogen) atoms. The summed E-state index contributed by atoms with van der Waals surface area (Å²) in [4.78, 5) is 10.9. The van der Waals surface area contributed by atoms with E-state index >= 15 is 0 Å². The number of hydrogen-bond acceptors (Lipinski definition) is 1. The Morgan fingerprint density at radius 1 is 1.31 bits per heavy atom. The smallest absolute Gasteiger partial charge is 0.223 e. The summed E-state index contributed by atoms with van der Waals surface area (Å²) in [7, 11) is 1.64. The van der Waals surface area contributed by atoms with E-state index in [1.807, 2.05) is 44.2 Å². The van der Waals surface area contributed by atoms with Gasteiger partial charge in [0.1, 0.15) is 0 Å². The molecular weight excluding hydrogens is 162 g/mol. The lowest BCUT2D eigenvalue weighted by atomic mass is 10.2. The largest absolute Gasteiger partial charge is 0.359 e. The molecule has 0 unspecified atom stereocenters. The predicted octanol–water partition coefficient (Wildman–Crippen LogP) is 2.20. The van der Waals surface area contributed by atoms with Gasteiger partial charge in [-0.15, -0.1) is 0 Å². The van der Waals surface area contributed by atoms with E-state index in [4.69, 9.17) is 0 Å². The fourth-order valence-electron chi connectivity index (χ4n) is 0.796. The molecule has 0 fully saturated rings. The summed E-state index contributed by atoms with van der Waals surface area (Å²) in [5.74, 6) is 0.0492. The first kappa shape index (κ1) is 11.7. The minimum absolute atomic E-state index is 0.0492. The average molecular weight is 179 g/mol. The molecule has 2 heteroatoms. The molecule has 0 saturated carbocycles. The molecule has 72 valence electrons. The fourth-order valence-corrected chi connectivity index (χ4v) is 0.796. The van der Waals surface area contributed by atoms with Crippen molar-refractivity contribution >= 4 is 5.91 Å². The van der Waals surface area contributed by atoms with Gasteiger partial charge in [0.25, 0.3) is 0 Å². The van der Waals surface area contributed by atoms with Crippen LogP contribution in [-0.2, 0) is 4.79 Å². The third-order valence-corrected chi connectivity index (χ3v) is 1.51. The Hall–Kier alpha value is -1.31. The van der Waals surface area contributed by atoms with Crippen molar-refractivity contribution in [3.63, 3.8) is 0 Å². The molecule has 0 spiro atoms. The number of allylic oxidation sites excluding steroid dienone is 5. The summed E-state index contributed by atoms with van der Waals surface area (Å²) in [6.07, 6.45) is 10.2. The number of rotatable bonds is 4. The highest BCUT2D eigenvalue weighted by Crippen LogP contribution is 1.99. The Balaban J connectivity index is 3.95. The lowest BCUT2D eigenvalue weighted by Gasteiger charge is -1.97. The minimum atomic E-state index is 0.0492. The highest BCUT2D eigenvalue weighted by Gasteiger charge is 1.96. The van der Waals surface area contributed by atoms with Gasteiger partial charge in [0.15, 0.2) is 0 Å². The van der Waals surface area contributed by atoms with Crippen molar-refractivity contribution in [2.45, 2.75) is 20.3 Å². The maximum Gasteiger partial charge on any atom is 0.223 e. The van der Waals surface area contributed by atoms with Crippen LogP contribution in [0.3, 0.4) is 0 Å². The SMILES string of the molecule is C/C=C/C=C\C=C(/C)CC(=O)NC. The van der Waals surface area contributed by atoms with Crippen LogP contribution in [0.15, 0.2) is 36.0 Å². The summed E-state index contributed by atoms with van der Waals surface area (Å²) in [5, 5.41) is 2.58. The second-order valence-corrected chi connectivity index (χ2v) is 2.77. The van der Waals surface area contributed by atoms with Gasteiger partial charge in [0.2, 0.25) is 5.91 Å². The standard InChI is InChI=1S/C11H17NO/c1-4-5-6-7-8-10(2)9-11(13)12-3/h4-8H,9H2,1-3H3,(H,12,13)/b5-4+,7-6-,10-8+. The topological polar surface area (TPSA) is 29.1 Å². The molecule has 0 aromatic rings. The van der Waals surface area contributed by atoms with Crippen molar-refractivity contribution in [1.29, 1.82) is 0 Å². The van der Waals surface area contributed by atoms with E-state index in [0.29, 0.717) is 6.42 Å². The van der Waals surface area contributed by atoms with Gasteiger partial charge < -0.3 is 5.32 Å². The van der Waals surface area contributed by atoms with E-state index in [-0.39, 0.29) is 5.91 Å². The lowest BCUT2D eigenvalue weighted by Crippen LogP contribution is -2.17. The van der Waals surface area contributed by atoms with Crippen LogP contribution in [0, 0.1) is 0 Å². The summed E-state index contributed by atoms with van der Waals surface area (Å²) < 4.78 is 0. The highest BCUT2D eigenvalue weighted by molar-refractivity contribution is 5.78. The van der Waals surface area contributed by atoms with Crippen LogP contribution in [-0.4, -0.2) is 13.0 Å². The molecule has 0 atom stereocenters. The molecule has 0 aromatic carbocycles. The number of amides is 1. The first-order valence-corrected chi connectivity index (χ1v) is 4.36. The van der Waals surface area contributed by atoms with Crippen LogP contribution in [0.2, 0.25) is 0 Å². The second-order valence-electron chi connectivity index (χ2n) is 2.77. The van der Waals surface area contributed by atoms with E-state index in [1.54, 1.807) is 7.05 Å². The number of carbonyl (C=O) groups excluding carboxylic acids is 1. The summed E-state index contributed by atoms with van der Waals surface area (Å²) >= 11 is 0. The quantitative estimate of drug-likeness (QED) is 0.659. The maximum atomic E-state index is 10.9. The Bertz CT molecular complexity index is 236. The van der Waals surface area contributed by atoms with E-state index in [1.165, 1.54) is 0 Å². The first-order valence-electron chi connectivity index (χ1n) is 4.36. The molecular formula is C11H17NO. The second kappa shape index (κ2) is 7.35. The van der Waals surface area contributed by atoms with Gasteiger partial charge >= 0.3 is 0 Å². The van der Waals surface area contributed by atoms with Crippen LogP contribution in [0.25, 0.3) is 0 Å². The van der Waals surface area contributed by atoms with Crippen molar-refractivity contribution in [1.82, 2.24) is 5.32 Å². The third kappa shape index (κ3) is 7.06. The Labute approximate surface area is 80.0 Å². The maximum absolute atomic E-state index is 10.9. The molecule has 2 nitrogen and oxygen atoms in total. The molecule has 0 aromatic heterocycles. The number of nitrogens with one attached hydrogen (secondary N) is 1. The van der Waals surface area contributed by atoms with Crippen molar-refractivity contribution in [3.05, 3.63) is 36.0 Å². The van der Waals surface area contributed by atoms with Crippen molar-refractivity contribution < 1.29 is 4.79 Å². The zero-order valence-electron chi connectivity index (χ0n) is 8.50. The van der Waals surface area contributed by atoms with Crippen LogP contribution in [0.4, 0.5) is 0 Å². The van der Waals surface area contributed by atoms with Gasteiger partial charge in [-0.2, -0.15) is 0 Å². The third-order valence-electron chi connectivity index (χ3n) is 1.51. The van der Waals surface area contributed by atoms with Crippen LogP contribution in [0.1, 0.15) is 20.3 Å². The van der Waals surface area contributed by atoms with E-state index in [0.717, 1.165) is 5.57 Å². The van der Waals surface area contributed by atoms with Gasteiger partial charge in [-0.1, -0.05) is 36.0 Å². The highest BCUT2D eigenvalue weighted by atomic mass is 16.1. The van der Waals surface area contributed by atoms with Crippen molar-refractivity contribution in [3.8, 4) is 0 Å². The Morgan fingerprint density at radius 3 is 2.54 bits per heavy atom. The van der Waals surface area contributed by atoms with E-state index < -0.39 is 0 Å².